The lowest BCUT2D eigenvalue weighted by Crippen LogP contribution is -2.30. The first-order chi connectivity index (χ1) is 12.5. The number of hydrogen-bond donors (Lipinski definition) is 2. The molecular weight excluding hydrogens is 445 g/mol. The highest BCUT2D eigenvalue weighted by molar-refractivity contribution is 7.90. The molecule has 0 spiro atoms. The van der Waals surface area contributed by atoms with Crippen LogP contribution in [0.3, 0.4) is 0 Å². The van der Waals surface area contributed by atoms with E-state index < -0.39 is 31.7 Å². The van der Waals surface area contributed by atoms with E-state index in [0.29, 0.717) is 0 Å². The van der Waals surface area contributed by atoms with E-state index in [1.54, 1.807) is 0 Å². The van der Waals surface area contributed by atoms with Gasteiger partial charge in [0.05, 0.1) is 10.0 Å². The Hall–Kier alpha value is -1.30. The zero-order chi connectivity index (χ0) is 20.2. The molecule has 0 radical (unpaired) electrons. The molecule has 0 saturated heterocycles. The Morgan fingerprint density at radius 2 is 1.11 bits per heavy atom. The van der Waals surface area contributed by atoms with E-state index in [0.717, 1.165) is 36.4 Å². The lowest BCUT2D eigenvalue weighted by molar-refractivity contribution is 0.572. The molecule has 2 N–H and O–H groups in total. The van der Waals surface area contributed by atoms with Crippen molar-refractivity contribution in [2.24, 2.45) is 0 Å². The summed E-state index contributed by atoms with van der Waals surface area (Å²) in [5, 5.41) is -0.539. The maximum Gasteiger partial charge on any atom is 0.242 e. The van der Waals surface area contributed by atoms with Crippen LogP contribution in [0.15, 0.2) is 46.2 Å². The number of hydrogen-bond acceptors (Lipinski definition) is 4. The van der Waals surface area contributed by atoms with Gasteiger partial charge in [0.2, 0.25) is 20.0 Å². The molecule has 0 aromatic heterocycles. The van der Waals surface area contributed by atoms with Gasteiger partial charge in [-0.1, -0.05) is 23.2 Å². The summed E-state index contributed by atoms with van der Waals surface area (Å²) in [5.74, 6) is -1.35. The fraction of sp³-hybridized carbons (Fsp3) is 0.200. The Morgan fingerprint density at radius 1 is 0.741 bits per heavy atom. The second-order valence-corrected chi connectivity index (χ2v) is 9.58. The molecule has 12 heteroatoms. The molecule has 0 bridgehead atoms. The van der Waals surface area contributed by atoms with Crippen LogP contribution in [0.2, 0.25) is 10.0 Å². The molecule has 0 unspecified atom stereocenters. The molecule has 6 nitrogen and oxygen atoms in total. The lowest BCUT2D eigenvalue weighted by atomic mass is 10.3. The summed E-state index contributed by atoms with van der Waals surface area (Å²) < 4.78 is 78.9. The summed E-state index contributed by atoms with van der Waals surface area (Å²) in [6.45, 7) is -0.203. The highest BCUT2D eigenvalue weighted by atomic mass is 35.5. The topological polar surface area (TPSA) is 92.3 Å². The van der Waals surface area contributed by atoms with Crippen molar-refractivity contribution in [1.82, 2.24) is 9.44 Å². The predicted molar refractivity (Wildman–Crippen MR) is 97.8 cm³/mol. The van der Waals surface area contributed by atoms with Gasteiger partial charge < -0.3 is 0 Å². The van der Waals surface area contributed by atoms with Crippen LogP contribution in [-0.4, -0.2) is 29.9 Å². The van der Waals surface area contributed by atoms with E-state index in [-0.39, 0.29) is 39.3 Å². The van der Waals surface area contributed by atoms with Crippen molar-refractivity contribution < 1.29 is 25.6 Å². The Balaban J connectivity index is 1.91. The minimum Gasteiger partial charge on any atom is -0.211 e. The SMILES string of the molecule is O=S(=O)(NCCCNS(=O)(=O)c1ccc(F)cc1Cl)c1ccc(F)cc1Cl. The number of rotatable bonds is 8. The highest BCUT2D eigenvalue weighted by Gasteiger charge is 2.19. The van der Waals surface area contributed by atoms with Gasteiger partial charge in [0.1, 0.15) is 21.4 Å². The smallest absolute Gasteiger partial charge is 0.211 e. The molecule has 0 saturated carbocycles. The molecule has 0 atom stereocenters. The third-order valence-corrected chi connectivity index (χ3v) is 7.19. The molecule has 0 aliphatic heterocycles. The average Bonchev–Trinajstić information content (AvgIpc) is 2.53. The summed E-state index contributed by atoms with van der Waals surface area (Å²) in [5.41, 5.74) is 0. The fourth-order valence-corrected chi connectivity index (χ4v) is 5.25. The van der Waals surface area contributed by atoms with E-state index in [2.05, 4.69) is 9.44 Å². The summed E-state index contributed by atoms with van der Waals surface area (Å²) in [6.07, 6.45) is 0.107. The monoisotopic (exact) mass is 458 g/mol. The normalized spacial score (nSPS) is 12.3. The summed E-state index contributed by atoms with van der Waals surface area (Å²) in [4.78, 5) is -0.575. The van der Waals surface area contributed by atoms with Crippen molar-refractivity contribution >= 4 is 43.2 Å². The van der Waals surface area contributed by atoms with E-state index in [9.17, 15) is 25.6 Å². The second-order valence-electron chi connectivity index (χ2n) is 5.30. The minimum atomic E-state index is -3.98. The molecule has 0 amide bonds. The van der Waals surface area contributed by atoms with Crippen LogP contribution in [0, 0.1) is 11.6 Å². The molecule has 0 heterocycles. The Kier molecular flexibility index (Phi) is 7.17. The third kappa shape index (κ3) is 5.84. The van der Waals surface area contributed by atoms with Crippen molar-refractivity contribution in [1.29, 1.82) is 0 Å². The molecule has 2 rings (SSSR count). The van der Waals surface area contributed by atoms with E-state index in [4.69, 9.17) is 23.2 Å². The van der Waals surface area contributed by atoms with Crippen LogP contribution >= 0.6 is 23.2 Å². The zero-order valence-corrected chi connectivity index (χ0v) is 16.7. The first-order valence-corrected chi connectivity index (χ1v) is 11.1. The molecule has 148 valence electrons. The molecular formula is C15H14Cl2F2N2O4S2. The Labute approximate surface area is 165 Å². The van der Waals surface area contributed by atoms with Gasteiger partial charge in [-0.15, -0.1) is 0 Å². The van der Waals surface area contributed by atoms with E-state index in [1.165, 1.54) is 0 Å². The maximum atomic E-state index is 13.0. The van der Waals surface area contributed by atoms with Crippen LogP contribution in [-0.2, 0) is 20.0 Å². The van der Waals surface area contributed by atoms with Gasteiger partial charge in [-0.25, -0.2) is 35.1 Å². The summed E-state index contributed by atoms with van der Waals surface area (Å²) in [7, 11) is -7.95. The van der Waals surface area contributed by atoms with Gasteiger partial charge in [0.15, 0.2) is 0 Å². The zero-order valence-electron chi connectivity index (χ0n) is 13.5. The predicted octanol–water partition coefficient (Wildman–Crippen LogP) is 2.92. The largest absolute Gasteiger partial charge is 0.242 e. The molecule has 0 aliphatic rings. The average molecular weight is 459 g/mol. The molecule has 0 aliphatic carbocycles. The summed E-state index contributed by atoms with van der Waals surface area (Å²) >= 11 is 11.4. The van der Waals surface area contributed by atoms with Crippen LogP contribution in [0.25, 0.3) is 0 Å². The van der Waals surface area contributed by atoms with Crippen LogP contribution in [0.4, 0.5) is 8.78 Å². The number of sulfonamides is 2. The first-order valence-electron chi connectivity index (χ1n) is 7.42. The standard InChI is InChI=1S/C15H14Cl2F2N2O4S2/c16-12-8-10(18)2-4-14(12)26(22,23)20-6-1-7-21-27(24,25)15-5-3-11(19)9-13(15)17/h2-5,8-9,20-21H,1,6-7H2. The van der Waals surface area contributed by atoms with Gasteiger partial charge in [0.25, 0.3) is 0 Å². The number of halogens is 4. The van der Waals surface area contributed by atoms with E-state index >= 15 is 0 Å². The number of benzene rings is 2. The Morgan fingerprint density at radius 3 is 1.44 bits per heavy atom. The van der Waals surface area contributed by atoms with Gasteiger partial charge in [-0.2, -0.15) is 0 Å². The molecule has 27 heavy (non-hydrogen) atoms. The third-order valence-electron chi connectivity index (χ3n) is 3.30. The van der Waals surface area contributed by atoms with Crippen LogP contribution in [0.1, 0.15) is 6.42 Å². The van der Waals surface area contributed by atoms with Gasteiger partial charge in [-0.3, -0.25) is 0 Å². The van der Waals surface area contributed by atoms with Gasteiger partial charge in [-0.05, 0) is 42.8 Å². The Bertz CT molecular complexity index is 964. The lowest BCUT2D eigenvalue weighted by Gasteiger charge is -2.10. The van der Waals surface area contributed by atoms with Gasteiger partial charge in [0, 0.05) is 13.1 Å². The minimum absolute atomic E-state index is 0.101. The molecule has 0 fully saturated rings. The number of nitrogens with one attached hydrogen (secondary N) is 2. The highest BCUT2D eigenvalue weighted by Crippen LogP contribution is 2.23. The molecule has 2 aromatic carbocycles. The van der Waals surface area contributed by atoms with Gasteiger partial charge >= 0.3 is 0 Å². The quantitative estimate of drug-likeness (QED) is 0.594. The maximum absolute atomic E-state index is 13.0. The van der Waals surface area contributed by atoms with Crippen molar-refractivity contribution in [3.05, 3.63) is 58.1 Å². The van der Waals surface area contributed by atoms with Crippen LogP contribution in [0.5, 0.6) is 0 Å². The van der Waals surface area contributed by atoms with Crippen molar-refractivity contribution in [3.63, 3.8) is 0 Å². The fourth-order valence-electron chi connectivity index (χ4n) is 2.04. The first kappa shape index (κ1) is 22.0. The molecule has 2 aromatic rings. The van der Waals surface area contributed by atoms with E-state index in [1.807, 2.05) is 0 Å². The summed E-state index contributed by atoms with van der Waals surface area (Å²) in [6, 6.07) is 5.72. The van der Waals surface area contributed by atoms with Crippen molar-refractivity contribution in [3.8, 4) is 0 Å². The van der Waals surface area contributed by atoms with Crippen molar-refractivity contribution in [2.45, 2.75) is 16.2 Å². The van der Waals surface area contributed by atoms with Crippen molar-refractivity contribution in [2.75, 3.05) is 13.1 Å². The second kappa shape index (κ2) is 8.80. The van der Waals surface area contributed by atoms with Crippen LogP contribution < -0.4 is 9.44 Å².